The molecule has 1 N–H and O–H groups in total. The van der Waals surface area contributed by atoms with Crippen LogP contribution in [0.25, 0.3) is 0 Å². The Kier molecular flexibility index (Phi) is 4.24. The lowest BCUT2D eigenvalue weighted by Crippen LogP contribution is -2.12. The Labute approximate surface area is 116 Å². The molecule has 106 valence electrons. The molecule has 0 aliphatic rings. The van der Waals surface area contributed by atoms with Gasteiger partial charge in [-0.15, -0.1) is 0 Å². The summed E-state index contributed by atoms with van der Waals surface area (Å²) in [7, 11) is 0. The molecule has 0 aromatic carbocycles. The van der Waals surface area contributed by atoms with Gasteiger partial charge in [0, 0.05) is 18.3 Å². The maximum Gasteiger partial charge on any atom is 0.306 e. The van der Waals surface area contributed by atoms with Crippen molar-refractivity contribution in [2.75, 3.05) is 11.9 Å². The summed E-state index contributed by atoms with van der Waals surface area (Å²) in [6, 6.07) is 1.90. The van der Waals surface area contributed by atoms with E-state index in [-0.39, 0.29) is 5.69 Å². The van der Waals surface area contributed by atoms with Gasteiger partial charge in [0.2, 0.25) is 0 Å². The minimum absolute atomic E-state index is 0.00357. The summed E-state index contributed by atoms with van der Waals surface area (Å²) in [5.74, 6) is 1.48. The Bertz CT molecular complexity index is 610. The van der Waals surface area contributed by atoms with Crippen molar-refractivity contribution in [2.45, 2.75) is 26.8 Å². The zero-order chi connectivity index (χ0) is 14.5. The van der Waals surface area contributed by atoms with Crippen molar-refractivity contribution >= 4 is 11.5 Å². The second-order valence-corrected chi connectivity index (χ2v) is 4.29. The molecular weight excluding hydrogens is 260 g/mol. The van der Waals surface area contributed by atoms with E-state index in [1.165, 1.54) is 17.1 Å². The van der Waals surface area contributed by atoms with Gasteiger partial charge in [-0.2, -0.15) is 5.10 Å². The van der Waals surface area contributed by atoms with Crippen molar-refractivity contribution in [1.82, 2.24) is 19.7 Å². The van der Waals surface area contributed by atoms with Gasteiger partial charge in [0.1, 0.15) is 24.0 Å². The van der Waals surface area contributed by atoms with Crippen LogP contribution in [0.4, 0.5) is 11.5 Å². The maximum atomic E-state index is 10.5. The molecule has 8 nitrogen and oxygen atoms in total. The molecule has 2 aromatic rings. The molecule has 0 bridgehead atoms. The van der Waals surface area contributed by atoms with Gasteiger partial charge in [0.15, 0.2) is 0 Å². The van der Waals surface area contributed by atoms with E-state index in [9.17, 15) is 10.1 Å². The largest absolute Gasteiger partial charge is 0.368 e. The Morgan fingerprint density at radius 3 is 2.90 bits per heavy atom. The third kappa shape index (κ3) is 3.50. The first kappa shape index (κ1) is 13.9. The maximum absolute atomic E-state index is 10.5. The van der Waals surface area contributed by atoms with E-state index in [1.54, 1.807) is 0 Å². The number of hydrogen-bond acceptors (Lipinski definition) is 6. The zero-order valence-corrected chi connectivity index (χ0v) is 11.4. The predicted molar refractivity (Wildman–Crippen MR) is 73.5 cm³/mol. The molecule has 0 fully saturated rings. The highest BCUT2D eigenvalue weighted by molar-refractivity contribution is 5.35. The topological polar surface area (TPSA) is 98.8 Å². The number of anilines is 1. The van der Waals surface area contributed by atoms with Gasteiger partial charge in [-0.25, -0.2) is 9.97 Å². The number of nitro groups is 1. The van der Waals surface area contributed by atoms with Gasteiger partial charge in [-0.3, -0.25) is 14.8 Å². The molecule has 2 rings (SSSR count). The van der Waals surface area contributed by atoms with Crippen LogP contribution >= 0.6 is 0 Å². The first-order valence-corrected chi connectivity index (χ1v) is 6.33. The highest BCUT2D eigenvalue weighted by Crippen LogP contribution is 2.09. The van der Waals surface area contributed by atoms with Gasteiger partial charge >= 0.3 is 5.69 Å². The van der Waals surface area contributed by atoms with E-state index < -0.39 is 4.92 Å². The van der Waals surface area contributed by atoms with Crippen LogP contribution in [-0.2, 0) is 13.0 Å². The van der Waals surface area contributed by atoms with Crippen molar-refractivity contribution < 1.29 is 4.92 Å². The lowest BCUT2D eigenvalue weighted by atomic mass is 10.3. The fourth-order valence-electron chi connectivity index (χ4n) is 1.77. The van der Waals surface area contributed by atoms with Crippen LogP contribution in [0.2, 0.25) is 0 Å². The minimum Gasteiger partial charge on any atom is -0.368 e. The van der Waals surface area contributed by atoms with E-state index in [4.69, 9.17) is 0 Å². The van der Waals surface area contributed by atoms with Gasteiger partial charge < -0.3 is 5.32 Å². The summed E-state index contributed by atoms with van der Waals surface area (Å²) in [6.45, 7) is 4.99. The first-order valence-electron chi connectivity index (χ1n) is 6.33. The molecular formula is C12H16N6O2. The van der Waals surface area contributed by atoms with Crippen LogP contribution < -0.4 is 5.32 Å². The first-order chi connectivity index (χ1) is 9.58. The van der Waals surface area contributed by atoms with E-state index in [0.717, 1.165) is 23.8 Å². The lowest BCUT2D eigenvalue weighted by molar-refractivity contribution is -0.385. The van der Waals surface area contributed by atoms with Crippen molar-refractivity contribution in [3.63, 3.8) is 0 Å². The molecule has 20 heavy (non-hydrogen) atoms. The molecule has 0 aliphatic heterocycles. The smallest absolute Gasteiger partial charge is 0.306 e. The summed E-state index contributed by atoms with van der Waals surface area (Å²) in [6.07, 6.45) is 3.50. The number of aryl methyl sites for hydroxylation is 2. The van der Waals surface area contributed by atoms with Gasteiger partial charge in [-0.05, 0) is 13.3 Å². The van der Waals surface area contributed by atoms with Gasteiger partial charge in [0.25, 0.3) is 0 Å². The molecule has 0 saturated carbocycles. The van der Waals surface area contributed by atoms with Gasteiger partial charge in [-0.1, -0.05) is 6.92 Å². The third-order valence-corrected chi connectivity index (χ3v) is 2.73. The van der Waals surface area contributed by atoms with Crippen LogP contribution in [0.1, 0.15) is 18.4 Å². The van der Waals surface area contributed by atoms with Crippen molar-refractivity contribution in [3.8, 4) is 0 Å². The Morgan fingerprint density at radius 1 is 1.45 bits per heavy atom. The standard InChI is InChI=1S/C12H16N6O2/c1-3-10-6-12(16-9(2)15-10)13-4-5-17-8-11(7-14-17)18(19)20/h6-8H,3-5H2,1-2H3,(H,13,15,16). The van der Waals surface area contributed by atoms with E-state index >= 15 is 0 Å². The highest BCUT2D eigenvalue weighted by Gasteiger charge is 2.08. The predicted octanol–water partition coefficient (Wildman–Crippen LogP) is 1.56. The summed E-state index contributed by atoms with van der Waals surface area (Å²) >= 11 is 0. The van der Waals surface area contributed by atoms with E-state index in [0.29, 0.717) is 13.1 Å². The Morgan fingerprint density at radius 2 is 2.25 bits per heavy atom. The molecule has 0 spiro atoms. The molecule has 8 heteroatoms. The summed E-state index contributed by atoms with van der Waals surface area (Å²) < 4.78 is 1.53. The van der Waals surface area contributed by atoms with E-state index in [2.05, 4.69) is 20.4 Å². The molecule has 0 atom stereocenters. The van der Waals surface area contributed by atoms with Crippen LogP contribution in [0, 0.1) is 17.0 Å². The fourth-order valence-corrected chi connectivity index (χ4v) is 1.77. The molecule has 0 unspecified atom stereocenters. The zero-order valence-electron chi connectivity index (χ0n) is 11.4. The highest BCUT2D eigenvalue weighted by atomic mass is 16.6. The third-order valence-electron chi connectivity index (χ3n) is 2.73. The summed E-state index contributed by atoms with van der Waals surface area (Å²) in [5, 5.41) is 17.6. The molecule has 0 amide bonds. The Hall–Kier alpha value is -2.51. The summed E-state index contributed by atoms with van der Waals surface area (Å²) in [4.78, 5) is 18.7. The number of rotatable bonds is 6. The second-order valence-electron chi connectivity index (χ2n) is 4.29. The lowest BCUT2D eigenvalue weighted by Gasteiger charge is -2.07. The normalized spacial score (nSPS) is 10.5. The second kappa shape index (κ2) is 6.09. The number of nitrogens with one attached hydrogen (secondary N) is 1. The van der Waals surface area contributed by atoms with Crippen LogP contribution in [0.3, 0.4) is 0 Å². The average molecular weight is 276 g/mol. The van der Waals surface area contributed by atoms with Crippen molar-refractivity contribution in [1.29, 1.82) is 0 Å². The summed E-state index contributed by atoms with van der Waals surface area (Å²) in [5.41, 5.74) is 0.978. The minimum atomic E-state index is -0.460. The van der Waals surface area contributed by atoms with Crippen molar-refractivity contribution in [3.05, 3.63) is 40.1 Å². The molecule has 0 radical (unpaired) electrons. The SMILES string of the molecule is CCc1cc(NCCn2cc([N+](=O)[O-])cn2)nc(C)n1. The van der Waals surface area contributed by atoms with Crippen LogP contribution in [-0.4, -0.2) is 31.2 Å². The monoisotopic (exact) mass is 276 g/mol. The van der Waals surface area contributed by atoms with Crippen LogP contribution in [0.15, 0.2) is 18.5 Å². The van der Waals surface area contributed by atoms with E-state index in [1.807, 2.05) is 19.9 Å². The quantitative estimate of drug-likeness (QED) is 0.635. The molecule has 0 aliphatic carbocycles. The van der Waals surface area contributed by atoms with Gasteiger partial charge in [0.05, 0.1) is 11.5 Å². The fraction of sp³-hybridized carbons (Fsp3) is 0.417. The number of nitrogens with zero attached hydrogens (tertiary/aromatic N) is 5. The molecule has 0 saturated heterocycles. The average Bonchev–Trinajstić information content (AvgIpc) is 2.87. The number of aromatic nitrogens is 4. The van der Waals surface area contributed by atoms with Crippen molar-refractivity contribution in [2.24, 2.45) is 0 Å². The molecule has 2 aromatic heterocycles. The molecule has 2 heterocycles. The number of hydrogen-bond donors (Lipinski definition) is 1. The van der Waals surface area contributed by atoms with Crippen LogP contribution in [0.5, 0.6) is 0 Å². The Balaban J connectivity index is 1.92.